The van der Waals surface area contributed by atoms with Gasteiger partial charge in [0.1, 0.15) is 0 Å². The smallest absolute Gasteiger partial charge is 0.170 e. The molecule has 1 unspecified atom stereocenters. The molecule has 0 aromatic heterocycles. The van der Waals surface area contributed by atoms with Crippen molar-refractivity contribution >= 4 is 0 Å². The third-order valence-electron chi connectivity index (χ3n) is 1.94. The number of ether oxygens (including phenoxy) is 1. The van der Waals surface area contributed by atoms with Gasteiger partial charge in [0.2, 0.25) is 0 Å². The fourth-order valence-corrected chi connectivity index (χ4v) is 1.38. The number of hydrogen-bond donors (Lipinski definition) is 1. The van der Waals surface area contributed by atoms with Crippen molar-refractivity contribution in [2.75, 3.05) is 20.2 Å². The molecule has 0 aromatic carbocycles. The molecule has 0 saturated carbocycles. The van der Waals surface area contributed by atoms with Crippen LogP contribution in [0.2, 0.25) is 0 Å². The molecule has 0 aromatic rings. The van der Waals surface area contributed by atoms with Crippen LogP contribution in [0.5, 0.6) is 0 Å². The first-order valence-corrected chi connectivity index (χ1v) is 3.84. The average Bonchev–Trinajstić information content (AvgIpc) is 2.06. The third-order valence-corrected chi connectivity index (χ3v) is 1.94. The second kappa shape index (κ2) is 2.58. The maximum atomic E-state index is 5.54. The summed E-state index contributed by atoms with van der Waals surface area (Å²) in [6.07, 6.45) is 6.21. The van der Waals surface area contributed by atoms with Crippen molar-refractivity contribution in [2.45, 2.75) is 6.23 Å². The lowest BCUT2D eigenvalue weighted by atomic mass is 10.2. The molecule has 60 valence electrons. The van der Waals surface area contributed by atoms with Crippen molar-refractivity contribution in [1.29, 1.82) is 0 Å². The summed E-state index contributed by atoms with van der Waals surface area (Å²) < 4.78 is 5.54. The standard InChI is InChI=1S/C8H12N2O/c1-10-5-2-3-7-8(10)11-6-4-9-7/h2-3,5,8-9H,4,6H2,1H3. The summed E-state index contributed by atoms with van der Waals surface area (Å²) in [5.74, 6) is 0. The minimum Gasteiger partial charge on any atom is -0.382 e. The van der Waals surface area contributed by atoms with Crippen molar-refractivity contribution < 1.29 is 4.74 Å². The van der Waals surface area contributed by atoms with Gasteiger partial charge in [-0.05, 0) is 12.2 Å². The molecule has 0 spiro atoms. The Kier molecular flexibility index (Phi) is 1.58. The predicted molar refractivity (Wildman–Crippen MR) is 42.7 cm³/mol. The van der Waals surface area contributed by atoms with Crippen molar-refractivity contribution in [3.8, 4) is 0 Å². The Morgan fingerprint density at radius 2 is 2.64 bits per heavy atom. The zero-order valence-electron chi connectivity index (χ0n) is 6.58. The monoisotopic (exact) mass is 152 g/mol. The number of morpholine rings is 1. The largest absolute Gasteiger partial charge is 0.382 e. The Hall–Kier alpha value is -0.960. The zero-order chi connectivity index (χ0) is 7.68. The fraction of sp³-hybridized carbons (Fsp3) is 0.500. The van der Waals surface area contributed by atoms with Crippen LogP contribution in [0.1, 0.15) is 0 Å². The number of allylic oxidation sites excluding steroid dienone is 2. The number of nitrogens with one attached hydrogen (secondary N) is 1. The summed E-state index contributed by atoms with van der Waals surface area (Å²) in [5, 5.41) is 3.29. The van der Waals surface area contributed by atoms with Crippen molar-refractivity contribution in [3.63, 3.8) is 0 Å². The molecule has 1 fully saturated rings. The molecule has 2 aliphatic rings. The Bertz CT molecular complexity index is 210. The number of fused-ring (bicyclic) bond motifs is 1. The molecule has 1 N–H and O–H groups in total. The minimum absolute atomic E-state index is 0.119. The van der Waals surface area contributed by atoms with E-state index in [4.69, 9.17) is 4.74 Å². The number of likely N-dealkylation sites (N-methyl/N-ethyl adjacent to an activating group) is 1. The van der Waals surface area contributed by atoms with Crippen LogP contribution in [-0.2, 0) is 4.74 Å². The minimum atomic E-state index is 0.119. The highest BCUT2D eigenvalue weighted by Crippen LogP contribution is 2.15. The van der Waals surface area contributed by atoms with Gasteiger partial charge in [-0.25, -0.2) is 0 Å². The average molecular weight is 152 g/mol. The molecule has 1 atom stereocenters. The molecule has 2 heterocycles. The summed E-state index contributed by atoms with van der Waals surface area (Å²) in [5.41, 5.74) is 1.17. The van der Waals surface area contributed by atoms with Crippen LogP contribution in [0.25, 0.3) is 0 Å². The molecule has 1 saturated heterocycles. The van der Waals surface area contributed by atoms with Gasteiger partial charge in [0, 0.05) is 19.8 Å². The van der Waals surface area contributed by atoms with E-state index >= 15 is 0 Å². The van der Waals surface area contributed by atoms with Gasteiger partial charge in [0.25, 0.3) is 0 Å². The lowest BCUT2D eigenvalue weighted by Crippen LogP contribution is -2.44. The van der Waals surface area contributed by atoms with Gasteiger partial charge in [0.15, 0.2) is 6.23 Å². The normalized spacial score (nSPS) is 29.0. The van der Waals surface area contributed by atoms with Crippen LogP contribution in [0.3, 0.4) is 0 Å². The highest BCUT2D eigenvalue weighted by atomic mass is 16.5. The lowest BCUT2D eigenvalue weighted by molar-refractivity contribution is -0.0219. The van der Waals surface area contributed by atoms with E-state index in [1.165, 1.54) is 5.70 Å². The first kappa shape index (κ1) is 6.73. The van der Waals surface area contributed by atoms with Crippen LogP contribution in [0, 0.1) is 0 Å². The summed E-state index contributed by atoms with van der Waals surface area (Å²) in [6, 6.07) is 0. The zero-order valence-corrected chi connectivity index (χ0v) is 6.58. The van der Waals surface area contributed by atoms with Gasteiger partial charge < -0.3 is 15.0 Å². The molecule has 0 aliphatic carbocycles. The van der Waals surface area contributed by atoms with Gasteiger partial charge in [0.05, 0.1) is 12.3 Å². The topological polar surface area (TPSA) is 24.5 Å². The van der Waals surface area contributed by atoms with Crippen molar-refractivity contribution in [3.05, 3.63) is 24.0 Å². The molecule has 0 bridgehead atoms. The first-order valence-electron chi connectivity index (χ1n) is 3.84. The van der Waals surface area contributed by atoms with Gasteiger partial charge in [-0.1, -0.05) is 0 Å². The van der Waals surface area contributed by atoms with Crippen LogP contribution < -0.4 is 5.32 Å². The highest BCUT2D eigenvalue weighted by Gasteiger charge is 2.22. The summed E-state index contributed by atoms with van der Waals surface area (Å²) in [7, 11) is 2.02. The fourth-order valence-electron chi connectivity index (χ4n) is 1.38. The van der Waals surface area contributed by atoms with E-state index in [0.29, 0.717) is 0 Å². The van der Waals surface area contributed by atoms with Gasteiger partial charge in [-0.2, -0.15) is 0 Å². The molecule has 11 heavy (non-hydrogen) atoms. The molecule has 2 rings (SSSR count). The van der Waals surface area contributed by atoms with Crippen LogP contribution in [0.4, 0.5) is 0 Å². The van der Waals surface area contributed by atoms with Gasteiger partial charge >= 0.3 is 0 Å². The van der Waals surface area contributed by atoms with Gasteiger partial charge in [-0.15, -0.1) is 0 Å². The number of rotatable bonds is 0. The van der Waals surface area contributed by atoms with Gasteiger partial charge in [-0.3, -0.25) is 0 Å². The molecule has 0 amide bonds. The Balaban J connectivity index is 2.18. The number of hydrogen-bond acceptors (Lipinski definition) is 3. The maximum absolute atomic E-state index is 5.54. The highest BCUT2D eigenvalue weighted by molar-refractivity contribution is 5.20. The van der Waals surface area contributed by atoms with Crippen molar-refractivity contribution in [2.24, 2.45) is 0 Å². The van der Waals surface area contributed by atoms with E-state index in [-0.39, 0.29) is 6.23 Å². The van der Waals surface area contributed by atoms with Crippen LogP contribution >= 0.6 is 0 Å². The van der Waals surface area contributed by atoms with E-state index in [1.807, 2.05) is 19.3 Å². The quantitative estimate of drug-likeness (QED) is 0.539. The number of nitrogens with zero attached hydrogens (tertiary/aromatic N) is 1. The molecule has 3 heteroatoms. The predicted octanol–water partition coefficient (Wildman–Crippen LogP) is 0.275. The third kappa shape index (κ3) is 1.12. The van der Waals surface area contributed by atoms with Crippen LogP contribution in [-0.4, -0.2) is 31.3 Å². The lowest BCUT2D eigenvalue weighted by Gasteiger charge is -2.35. The molecular formula is C8H12N2O. The second-order valence-electron chi connectivity index (χ2n) is 2.78. The first-order chi connectivity index (χ1) is 5.38. The summed E-state index contributed by atoms with van der Waals surface area (Å²) in [6.45, 7) is 1.71. The van der Waals surface area contributed by atoms with E-state index < -0.39 is 0 Å². The van der Waals surface area contributed by atoms with E-state index in [2.05, 4.69) is 16.3 Å². The summed E-state index contributed by atoms with van der Waals surface area (Å²) in [4.78, 5) is 2.06. The molecular weight excluding hydrogens is 140 g/mol. The van der Waals surface area contributed by atoms with E-state index in [0.717, 1.165) is 13.2 Å². The molecule has 2 aliphatic heterocycles. The second-order valence-corrected chi connectivity index (χ2v) is 2.78. The SMILES string of the molecule is CN1C=CC=C2NCCOC21. The Morgan fingerprint density at radius 1 is 1.73 bits per heavy atom. The maximum Gasteiger partial charge on any atom is 0.170 e. The van der Waals surface area contributed by atoms with Crippen molar-refractivity contribution in [1.82, 2.24) is 10.2 Å². The molecule has 0 radical (unpaired) electrons. The Morgan fingerprint density at radius 3 is 3.45 bits per heavy atom. The Labute approximate surface area is 66.3 Å². The van der Waals surface area contributed by atoms with E-state index in [1.54, 1.807) is 0 Å². The summed E-state index contributed by atoms with van der Waals surface area (Å²) >= 11 is 0. The van der Waals surface area contributed by atoms with Crippen LogP contribution in [0.15, 0.2) is 24.0 Å². The van der Waals surface area contributed by atoms with E-state index in [9.17, 15) is 0 Å². The molecule has 3 nitrogen and oxygen atoms in total.